The Hall–Kier alpha value is -4.19. The Balaban J connectivity index is 1.29. The largest absolute Gasteiger partial charge is 0.457 e. The van der Waals surface area contributed by atoms with E-state index in [1.165, 1.54) is 25.1 Å². The number of carbonyl (C=O) groups is 1. The molecule has 1 saturated heterocycles. The van der Waals surface area contributed by atoms with E-state index in [0.717, 1.165) is 25.7 Å². The summed E-state index contributed by atoms with van der Waals surface area (Å²) in [5.74, 6) is -0.166. The lowest BCUT2D eigenvalue weighted by Crippen LogP contribution is -2.33. The smallest absolute Gasteiger partial charge is 0.416 e. The third kappa shape index (κ3) is 6.11. The molecular formula is C27H26F4N6O2. The average molecular weight is 543 g/mol. The number of nitrogens with zero attached hydrogens (tertiary/aromatic N) is 4. The summed E-state index contributed by atoms with van der Waals surface area (Å²) < 4.78 is 61.0. The molecule has 0 aliphatic carbocycles. The maximum absolute atomic E-state index is 14.2. The highest BCUT2D eigenvalue weighted by Crippen LogP contribution is 2.33. The van der Waals surface area contributed by atoms with E-state index < -0.39 is 17.6 Å². The number of aromatic nitrogens is 3. The normalized spacial score (nSPS) is 14.1. The molecule has 4 aromatic rings. The first-order valence-electron chi connectivity index (χ1n) is 12.4. The number of amides is 1. The van der Waals surface area contributed by atoms with E-state index in [9.17, 15) is 22.4 Å². The van der Waals surface area contributed by atoms with Crippen LogP contribution in [-0.2, 0) is 13.2 Å². The Bertz CT molecular complexity index is 1500. The molecule has 0 unspecified atom stereocenters. The number of likely N-dealkylation sites (tertiary alicyclic amines) is 1. The number of carbonyl (C=O) groups excluding carboxylic acids is 1. The fraction of sp³-hybridized carbons (Fsp3) is 0.296. The van der Waals surface area contributed by atoms with Crippen molar-refractivity contribution in [3.05, 3.63) is 71.8 Å². The summed E-state index contributed by atoms with van der Waals surface area (Å²) in [6.45, 7) is 3.43. The van der Waals surface area contributed by atoms with Crippen molar-refractivity contribution in [2.45, 2.75) is 19.0 Å². The topological polar surface area (TPSA) is 84.3 Å². The van der Waals surface area contributed by atoms with Crippen LogP contribution < -0.4 is 15.4 Å². The number of fused-ring (bicyclic) bond motifs is 1. The quantitative estimate of drug-likeness (QED) is 0.287. The van der Waals surface area contributed by atoms with E-state index in [1.54, 1.807) is 35.9 Å². The average Bonchev–Trinajstić information content (AvgIpc) is 3.52. The number of pyridine rings is 1. The highest BCUT2D eigenvalue weighted by Gasteiger charge is 2.31. The fourth-order valence-corrected chi connectivity index (χ4v) is 4.43. The Morgan fingerprint density at radius 3 is 2.59 bits per heavy atom. The van der Waals surface area contributed by atoms with Crippen molar-refractivity contribution in [1.82, 2.24) is 24.8 Å². The van der Waals surface area contributed by atoms with Crippen molar-refractivity contribution >= 4 is 28.6 Å². The van der Waals surface area contributed by atoms with Crippen LogP contribution in [0, 0.1) is 5.82 Å². The molecule has 0 bridgehead atoms. The molecule has 0 spiro atoms. The van der Waals surface area contributed by atoms with Gasteiger partial charge in [-0.05, 0) is 62.3 Å². The number of halogens is 4. The number of rotatable bonds is 8. The van der Waals surface area contributed by atoms with Gasteiger partial charge in [0.2, 0.25) is 5.95 Å². The van der Waals surface area contributed by atoms with Crippen molar-refractivity contribution in [3.63, 3.8) is 0 Å². The number of benzene rings is 2. The van der Waals surface area contributed by atoms with E-state index in [2.05, 4.69) is 25.5 Å². The SMILES string of the molecule is Cn1c(Nc2cc(C(F)(F)F)ccc2F)nc2cc(Oc3ccnc(C(=O)NCCN4CCCC4)c3)ccc21. The third-order valence-corrected chi connectivity index (χ3v) is 6.50. The second kappa shape index (κ2) is 10.9. The van der Waals surface area contributed by atoms with Crippen LogP contribution >= 0.6 is 0 Å². The predicted octanol–water partition coefficient (Wildman–Crippen LogP) is 5.49. The predicted molar refractivity (Wildman–Crippen MR) is 138 cm³/mol. The molecule has 0 atom stereocenters. The zero-order valence-electron chi connectivity index (χ0n) is 21.1. The molecule has 1 aliphatic heterocycles. The van der Waals surface area contributed by atoms with Gasteiger partial charge in [-0.15, -0.1) is 0 Å². The number of alkyl halides is 3. The molecule has 2 aromatic heterocycles. The Morgan fingerprint density at radius 2 is 1.82 bits per heavy atom. The van der Waals surface area contributed by atoms with Crippen LogP contribution in [0.4, 0.5) is 29.2 Å². The number of hydrogen-bond donors (Lipinski definition) is 2. The molecule has 1 aliphatic rings. The summed E-state index contributed by atoms with van der Waals surface area (Å²) in [6, 6.07) is 10.3. The number of anilines is 2. The van der Waals surface area contributed by atoms with Gasteiger partial charge in [-0.25, -0.2) is 9.37 Å². The van der Waals surface area contributed by atoms with E-state index >= 15 is 0 Å². The maximum Gasteiger partial charge on any atom is 0.416 e. The zero-order valence-corrected chi connectivity index (χ0v) is 21.1. The lowest BCUT2D eigenvalue weighted by molar-refractivity contribution is -0.137. The Morgan fingerprint density at radius 1 is 1.05 bits per heavy atom. The summed E-state index contributed by atoms with van der Waals surface area (Å²) >= 11 is 0. The van der Waals surface area contributed by atoms with Crippen LogP contribution in [0.5, 0.6) is 11.5 Å². The van der Waals surface area contributed by atoms with E-state index in [4.69, 9.17) is 4.74 Å². The Labute approximate surface area is 221 Å². The van der Waals surface area contributed by atoms with Gasteiger partial charge in [0.1, 0.15) is 23.0 Å². The van der Waals surface area contributed by atoms with Gasteiger partial charge in [0.25, 0.3) is 5.91 Å². The number of imidazole rings is 1. The number of hydrogen-bond acceptors (Lipinski definition) is 6. The zero-order chi connectivity index (χ0) is 27.6. The molecule has 2 aromatic carbocycles. The molecule has 8 nitrogen and oxygen atoms in total. The van der Waals surface area contributed by atoms with E-state index in [1.807, 2.05) is 0 Å². The second-order valence-corrected chi connectivity index (χ2v) is 9.25. The molecular weight excluding hydrogens is 516 g/mol. The van der Waals surface area contributed by atoms with Crippen molar-refractivity contribution in [1.29, 1.82) is 0 Å². The Kier molecular flexibility index (Phi) is 7.38. The minimum Gasteiger partial charge on any atom is -0.457 e. The van der Waals surface area contributed by atoms with Crippen molar-refractivity contribution in [2.24, 2.45) is 7.05 Å². The molecule has 12 heteroatoms. The van der Waals surface area contributed by atoms with Crippen molar-refractivity contribution in [3.8, 4) is 11.5 Å². The minimum atomic E-state index is -4.61. The lowest BCUT2D eigenvalue weighted by Gasteiger charge is -2.14. The molecule has 1 amide bonds. The van der Waals surface area contributed by atoms with Gasteiger partial charge >= 0.3 is 6.18 Å². The summed E-state index contributed by atoms with van der Waals surface area (Å²) in [5, 5.41) is 5.52. The fourth-order valence-electron chi connectivity index (χ4n) is 4.43. The van der Waals surface area contributed by atoms with Gasteiger partial charge in [-0.3, -0.25) is 9.78 Å². The van der Waals surface area contributed by atoms with Gasteiger partial charge in [-0.1, -0.05) is 0 Å². The summed E-state index contributed by atoms with van der Waals surface area (Å²) in [6.07, 6.45) is -0.754. The van der Waals surface area contributed by atoms with Crippen LogP contribution in [0.15, 0.2) is 54.7 Å². The standard InChI is InChI=1S/C27H26F4N6O2/c1-36-24-7-5-18(15-22(24)35-26(36)34-21-14-17(27(29,30)31)4-6-20(21)28)39-19-8-9-32-23(16-19)25(38)33-10-13-37-11-2-3-12-37/h4-9,14-16H,2-3,10-13H2,1H3,(H,33,38)(H,34,35). The van der Waals surface area contributed by atoms with Crippen molar-refractivity contribution in [2.75, 3.05) is 31.5 Å². The van der Waals surface area contributed by atoms with E-state index in [-0.39, 0.29) is 23.2 Å². The second-order valence-electron chi connectivity index (χ2n) is 9.25. The molecule has 39 heavy (non-hydrogen) atoms. The number of aryl methyl sites for hydroxylation is 1. The summed E-state index contributed by atoms with van der Waals surface area (Å²) in [5.41, 5.74) is 0.0202. The monoisotopic (exact) mass is 542 g/mol. The molecule has 5 rings (SSSR count). The van der Waals surface area contributed by atoms with Gasteiger partial charge in [-0.2, -0.15) is 13.2 Å². The molecule has 2 N–H and O–H groups in total. The minimum absolute atomic E-state index is 0.150. The molecule has 0 saturated carbocycles. The number of ether oxygens (including phenoxy) is 1. The molecule has 3 heterocycles. The molecule has 204 valence electrons. The molecule has 1 fully saturated rings. The highest BCUT2D eigenvalue weighted by atomic mass is 19.4. The van der Waals surface area contributed by atoms with Crippen LogP contribution in [0.2, 0.25) is 0 Å². The van der Waals surface area contributed by atoms with Crippen LogP contribution in [0.3, 0.4) is 0 Å². The molecule has 0 radical (unpaired) electrons. The highest BCUT2D eigenvalue weighted by molar-refractivity contribution is 5.92. The van der Waals surface area contributed by atoms with Gasteiger partial charge in [0.05, 0.1) is 22.3 Å². The van der Waals surface area contributed by atoms with Crippen LogP contribution in [0.25, 0.3) is 11.0 Å². The number of nitrogens with one attached hydrogen (secondary N) is 2. The van der Waals surface area contributed by atoms with Gasteiger partial charge in [0, 0.05) is 38.5 Å². The van der Waals surface area contributed by atoms with Crippen LogP contribution in [0.1, 0.15) is 28.9 Å². The maximum atomic E-state index is 14.2. The first kappa shape index (κ1) is 26.4. The summed E-state index contributed by atoms with van der Waals surface area (Å²) in [4.78, 5) is 23.4. The lowest BCUT2D eigenvalue weighted by atomic mass is 10.2. The van der Waals surface area contributed by atoms with Gasteiger partial charge < -0.3 is 24.8 Å². The first-order chi connectivity index (χ1) is 18.7. The van der Waals surface area contributed by atoms with E-state index in [0.29, 0.717) is 41.2 Å². The van der Waals surface area contributed by atoms with Crippen molar-refractivity contribution < 1.29 is 27.1 Å². The first-order valence-corrected chi connectivity index (χ1v) is 12.4. The van der Waals surface area contributed by atoms with Crippen LogP contribution in [-0.4, -0.2) is 51.5 Å². The summed E-state index contributed by atoms with van der Waals surface area (Å²) in [7, 11) is 1.65. The van der Waals surface area contributed by atoms with Gasteiger partial charge in [0.15, 0.2) is 0 Å². The third-order valence-electron chi connectivity index (χ3n) is 6.50.